The van der Waals surface area contributed by atoms with E-state index >= 15 is 0 Å². The molecule has 7 heteroatoms. The molecule has 6 rings (SSSR count). The fourth-order valence-corrected chi connectivity index (χ4v) is 6.74. The lowest BCUT2D eigenvalue weighted by Gasteiger charge is -2.34. The smallest absolute Gasteiger partial charge is 0.410 e. The van der Waals surface area contributed by atoms with Crippen LogP contribution in [-0.4, -0.2) is 52.2 Å². The van der Waals surface area contributed by atoms with Crippen molar-refractivity contribution >= 4 is 12.1 Å². The third-order valence-electron chi connectivity index (χ3n) is 9.06. The maximum atomic E-state index is 13.7. The van der Waals surface area contributed by atoms with Gasteiger partial charge in [-0.15, -0.1) is 0 Å². The molecule has 0 spiro atoms. The number of nitrogens with zero attached hydrogens (tertiary/aromatic N) is 3. The maximum Gasteiger partial charge on any atom is 0.410 e. The number of pyridine rings is 2. The number of aromatic nitrogens is 2. The number of hydrogen-bond acceptors (Lipinski definition) is 6. The molecule has 3 heterocycles. The summed E-state index contributed by atoms with van der Waals surface area (Å²) < 4.78 is 12.2. The highest BCUT2D eigenvalue weighted by Gasteiger charge is 2.36. The first kappa shape index (κ1) is 30.5. The van der Waals surface area contributed by atoms with Crippen LogP contribution in [0.5, 0.6) is 0 Å². The number of fused-ring (bicyclic) bond motifs is 3. The first-order valence-corrected chi connectivity index (χ1v) is 16.3. The van der Waals surface area contributed by atoms with Gasteiger partial charge in [-0.2, -0.15) is 0 Å². The van der Waals surface area contributed by atoms with Crippen LogP contribution in [-0.2, 0) is 27.1 Å². The summed E-state index contributed by atoms with van der Waals surface area (Å²) in [4.78, 5) is 37.2. The zero-order chi connectivity index (χ0) is 30.8. The van der Waals surface area contributed by atoms with Crippen molar-refractivity contribution in [2.75, 3.05) is 13.2 Å². The normalized spacial score (nSPS) is 15.8. The fourth-order valence-electron chi connectivity index (χ4n) is 6.74. The van der Waals surface area contributed by atoms with E-state index in [1.807, 2.05) is 48.8 Å². The number of aryl methyl sites for hydroxylation is 2. The van der Waals surface area contributed by atoms with Crippen LogP contribution in [0, 0.1) is 0 Å². The van der Waals surface area contributed by atoms with Crippen LogP contribution in [0.1, 0.15) is 73.1 Å². The lowest BCUT2D eigenvalue weighted by Crippen LogP contribution is -2.49. The van der Waals surface area contributed by atoms with Crippen LogP contribution >= 0.6 is 0 Å². The van der Waals surface area contributed by atoms with Gasteiger partial charge in [-0.25, -0.2) is 9.59 Å². The van der Waals surface area contributed by atoms with Crippen molar-refractivity contribution in [3.05, 3.63) is 120 Å². The third kappa shape index (κ3) is 7.59. The maximum absolute atomic E-state index is 13.7. The molecule has 45 heavy (non-hydrogen) atoms. The highest BCUT2D eigenvalue weighted by Crippen LogP contribution is 2.44. The molecule has 1 aliphatic carbocycles. The Morgan fingerprint density at radius 2 is 1.38 bits per heavy atom. The van der Waals surface area contributed by atoms with Crippen molar-refractivity contribution < 1.29 is 19.1 Å². The van der Waals surface area contributed by atoms with E-state index in [2.05, 4.69) is 46.4 Å². The van der Waals surface area contributed by atoms with E-state index in [1.165, 1.54) is 33.4 Å². The molecular weight excluding hydrogens is 562 g/mol. The van der Waals surface area contributed by atoms with Crippen LogP contribution in [0.3, 0.4) is 0 Å². The van der Waals surface area contributed by atoms with Gasteiger partial charge in [0, 0.05) is 37.3 Å². The van der Waals surface area contributed by atoms with Crippen molar-refractivity contribution in [3.8, 4) is 11.1 Å². The molecule has 2 aromatic carbocycles. The highest BCUT2D eigenvalue weighted by atomic mass is 16.6. The molecule has 1 atom stereocenters. The van der Waals surface area contributed by atoms with Crippen molar-refractivity contribution in [2.45, 2.75) is 75.9 Å². The van der Waals surface area contributed by atoms with E-state index in [0.717, 1.165) is 51.4 Å². The van der Waals surface area contributed by atoms with E-state index in [0.29, 0.717) is 13.0 Å². The van der Waals surface area contributed by atoms with Gasteiger partial charge >= 0.3 is 12.1 Å². The number of hydrogen-bond donors (Lipinski definition) is 0. The minimum atomic E-state index is -0.631. The third-order valence-corrected chi connectivity index (χ3v) is 9.06. The number of amides is 1. The summed E-state index contributed by atoms with van der Waals surface area (Å²) in [5, 5.41) is 0. The quantitative estimate of drug-likeness (QED) is 0.156. The van der Waals surface area contributed by atoms with Gasteiger partial charge in [0.25, 0.3) is 0 Å². The molecule has 1 aliphatic heterocycles. The number of benzene rings is 2. The number of likely N-dealkylation sites (tertiary alicyclic amines) is 1. The molecule has 1 fully saturated rings. The Balaban J connectivity index is 1.08. The molecule has 232 valence electrons. The second-order valence-electron chi connectivity index (χ2n) is 12.1. The molecule has 0 N–H and O–H groups in total. The Labute approximate surface area is 265 Å². The number of rotatable bonds is 12. The molecule has 2 aromatic heterocycles. The van der Waals surface area contributed by atoms with Crippen LogP contribution in [0.4, 0.5) is 4.79 Å². The standard InChI is InChI=1S/C38H41N3O4/c42-37(45-30(15-7-11-28-13-9-22-39-25-28)16-8-12-29-14-10-23-40-26-29)36-21-5-6-24-41(36)38(43)44-27-35-33-19-3-1-17-31(33)32-18-2-4-20-34(32)35/h1-4,9-10,13-14,17-20,22-23,25-26,30,35-36H,5-8,11-12,15-16,21,24,27H2/t36-/m0/s1. The van der Waals surface area contributed by atoms with Crippen molar-refractivity contribution in [1.82, 2.24) is 14.9 Å². The Kier molecular flexibility index (Phi) is 10.2. The predicted octanol–water partition coefficient (Wildman–Crippen LogP) is 7.54. The Bertz CT molecular complexity index is 1470. The molecule has 2 aliphatic rings. The van der Waals surface area contributed by atoms with Gasteiger partial charge in [0.1, 0.15) is 18.8 Å². The fraction of sp³-hybridized carbons (Fsp3) is 0.368. The number of carbonyl (C=O) groups is 2. The Morgan fingerprint density at radius 3 is 1.96 bits per heavy atom. The zero-order valence-electron chi connectivity index (χ0n) is 25.7. The van der Waals surface area contributed by atoms with Crippen LogP contribution < -0.4 is 0 Å². The number of esters is 1. The summed E-state index contributed by atoms with van der Waals surface area (Å²) in [7, 11) is 0. The molecule has 0 radical (unpaired) electrons. The van der Waals surface area contributed by atoms with Gasteiger partial charge in [-0.05, 0) is 103 Å². The first-order chi connectivity index (χ1) is 22.2. The molecule has 1 amide bonds. The minimum absolute atomic E-state index is 0.0273. The molecule has 0 unspecified atom stereocenters. The second kappa shape index (κ2) is 15.0. The molecular formula is C38H41N3O4. The van der Waals surface area contributed by atoms with Crippen LogP contribution in [0.25, 0.3) is 11.1 Å². The molecule has 0 saturated carbocycles. The summed E-state index contributed by atoms with van der Waals surface area (Å²) in [6, 6.07) is 24.0. The van der Waals surface area contributed by atoms with Crippen molar-refractivity contribution in [3.63, 3.8) is 0 Å². The number of piperidine rings is 1. The van der Waals surface area contributed by atoms with Gasteiger partial charge in [0.05, 0.1) is 0 Å². The molecule has 1 saturated heterocycles. The van der Waals surface area contributed by atoms with E-state index in [1.54, 1.807) is 17.3 Å². The summed E-state index contributed by atoms with van der Waals surface area (Å²) in [6.45, 7) is 0.722. The number of ether oxygens (including phenoxy) is 2. The lowest BCUT2D eigenvalue weighted by atomic mass is 9.98. The minimum Gasteiger partial charge on any atom is -0.461 e. The van der Waals surface area contributed by atoms with Gasteiger partial charge in [-0.3, -0.25) is 14.9 Å². The van der Waals surface area contributed by atoms with Crippen molar-refractivity contribution in [2.24, 2.45) is 0 Å². The topological polar surface area (TPSA) is 81.6 Å². The largest absolute Gasteiger partial charge is 0.461 e. The predicted molar refractivity (Wildman–Crippen MR) is 174 cm³/mol. The first-order valence-electron chi connectivity index (χ1n) is 16.3. The monoisotopic (exact) mass is 603 g/mol. The molecule has 0 bridgehead atoms. The molecule has 7 nitrogen and oxygen atoms in total. The van der Waals surface area contributed by atoms with Gasteiger partial charge < -0.3 is 9.47 Å². The summed E-state index contributed by atoms with van der Waals surface area (Å²) in [5.41, 5.74) is 7.06. The average molecular weight is 604 g/mol. The van der Waals surface area contributed by atoms with E-state index < -0.39 is 12.1 Å². The average Bonchev–Trinajstić information content (AvgIpc) is 3.41. The van der Waals surface area contributed by atoms with Gasteiger partial charge in [0.2, 0.25) is 0 Å². The molecule has 4 aromatic rings. The highest BCUT2D eigenvalue weighted by molar-refractivity contribution is 5.82. The summed E-state index contributed by atoms with van der Waals surface area (Å²) >= 11 is 0. The Morgan fingerprint density at radius 1 is 0.778 bits per heavy atom. The zero-order valence-corrected chi connectivity index (χ0v) is 25.7. The second-order valence-corrected chi connectivity index (χ2v) is 12.1. The SMILES string of the molecule is O=C(OC(CCCc1cccnc1)CCCc1cccnc1)[C@@H]1CCCCN1C(=O)OCC1c2ccccc2-c2ccccc21. The van der Waals surface area contributed by atoms with Gasteiger partial charge in [-0.1, -0.05) is 60.7 Å². The number of carbonyl (C=O) groups excluding carboxylic acids is 2. The van der Waals surface area contributed by atoms with Crippen molar-refractivity contribution in [1.29, 1.82) is 0 Å². The van der Waals surface area contributed by atoms with E-state index in [-0.39, 0.29) is 24.6 Å². The lowest BCUT2D eigenvalue weighted by molar-refractivity contribution is -0.157. The summed E-state index contributed by atoms with van der Waals surface area (Å²) in [6.07, 6.45) is 14.0. The van der Waals surface area contributed by atoms with E-state index in [9.17, 15) is 9.59 Å². The van der Waals surface area contributed by atoms with E-state index in [4.69, 9.17) is 9.47 Å². The van der Waals surface area contributed by atoms with Crippen LogP contribution in [0.15, 0.2) is 97.6 Å². The van der Waals surface area contributed by atoms with Gasteiger partial charge in [0.15, 0.2) is 0 Å². The summed E-state index contributed by atoms with van der Waals surface area (Å²) in [5.74, 6) is -0.350. The Hall–Kier alpha value is -4.52. The van der Waals surface area contributed by atoms with Crippen LogP contribution in [0.2, 0.25) is 0 Å².